The van der Waals surface area contributed by atoms with Crippen LogP contribution in [0.3, 0.4) is 0 Å². The van der Waals surface area contributed by atoms with Gasteiger partial charge in [-0.3, -0.25) is 10.1 Å². The van der Waals surface area contributed by atoms with Gasteiger partial charge in [-0.05, 0) is 57.0 Å². The lowest BCUT2D eigenvalue weighted by Gasteiger charge is -2.09. The molecule has 0 bridgehead atoms. The normalized spacial score (nSPS) is 10.6. The molecule has 0 atom stereocenters. The second-order valence-electron chi connectivity index (χ2n) is 6.20. The number of carbonyl (C=O) groups excluding carboxylic acids is 3. The van der Waals surface area contributed by atoms with Gasteiger partial charge in [0.1, 0.15) is 5.00 Å². The Morgan fingerprint density at radius 2 is 1.90 bits per heavy atom. The van der Waals surface area contributed by atoms with E-state index in [1.54, 1.807) is 32.0 Å². The van der Waals surface area contributed by atoms with Crippen molar-refractivity contribution in [3.63, 3.8) is 0 Å². The monoisotopic (exact) mass is 447 g/mol. The molecular formula is C21H25N3O6S. The number of nitrogens with zero attached hydrogens (tertiary/aromatic N) is 1. The molecule has 2 aromatic rings. The fourth-order valence-electron chi connectivity index (χ4n) is 2.72. The van der Waals surface area contributed by atoms with Gasteiger partial charge >= 0.3 is 12.0 Å². The van der Waals surface area contributed by atoms with Gasteiger partial charge in [0.15, 0.2) is 17.3 Å². The minimum Gasteiger partial charge on any atom is -0.493 e. The molecule has 1 aromatic carbocycles. The minimum atomic E-state index is -0.670. The number of esters is 1. The molecule has 31 heavy (non-hydrogen) atoms. The molecule has 1 aromatic heterocycles. The van der Waals surface area contributed by atoms with E-state index in [4.69, 9.17) is 14.2 Å². The molecule has 2 amide bonds. The molecule has 2 N–H and O–H groups in total. The van der Waals surface area contributed by atoms with Crippen LogP contribution in [0.5, 0.6) is 11.5 Å². The summed E-state index contributed by atoms with van der Waals surface area (Å²) in [6, 6.07) is 4.55. The number of thiophene rings is 1. The summed E-state index contributed by atoms with van der Waals surface area (Å²) in [5.41, 5.74) is 3.64. The number of anilines is 1. The van der Waals surface area contributed by atoms with Gasteiger partial charge in [-0.25, -0.2) is 15.0 Å². The van der Waals surface area contributed by atoms with Crippen LogP contribution in [0.4, 0.5) is 9.80 Å². The Morgan fingerprint density at radius 1 is 1.16 bits per heavy atom. The van der Waals surface area contributed by atoms with Crippen molar-refractivity contribution in [2.45, 2.75) is 27.7 Å². The van der Waals surface area contributed by atoms with Gasteiger partial charge in [0.2, 0.25) is 0 Å². The van der Waals surface area contributed by atoms with E-state index in [2.05, 4.69) is 15.8 Å². The Bertz CT molecular complexity index is 999. The topological polar surface area (TPSA) is 115 Å². The second-order valence-corrected chi connectivity index (χ2v) is 7.23. The third-order valence-corrected chi connectivity index (χ3v) is 5.35. The highest BCUT2D eigenvalue weighted by Crippen LogP contribution is 2.34. The molecule has 9 nitrogen and oxygen atoms in total. The number of benzene rings is 1. The molecule has 0 fully saturated rings. The summed E-state index contributed by atoms with van der Waals surface area (Å²) >= 11 is 1.01. The molecule has 0 saturated heterocycles. The molecule has 0 unspecified atom stereocenters. The van der Waals surface area contributed by atoms with Crippen molar-refractivity contribution < 1.29 is 28.6 Å². The van der Waals surface area contributed by atoms with E-state index in [1.165, 1.54) is 20.2 Å². The van der Waals surface area contributed by atoms with Gasteiger partial charge in [0, 0.05) is 0 Å². The van der Waals surface area contributed by atoms with Gasteiger partial charge < -0.3 is 14.2 Å². The molecule has 10 heteroatoms. The smallest absolute Gasteiger partial charge is 0.341 e. The zero-order valence-corrected chi connectivity index (χ0v) is 18.8. The number of urea groups is 1. The molecule has 0 aliphatic rings. The number of Topliss-reactive ketones (excluding diaryl/α,β-unsaturated/α-hetero) is 1. The zero-order valence-electron chi connectivity index (χ0n) is 18.0. The minimum absolute atomic E-state index is 0.160. The van der Waals surface area contributed by atoms with Crippen LogP contribution in [0.2, 0.25) is 0 Å². The van der Waals surface area contributed by atoms with E-state index in [-0.39, 0.29) is 23.0 Å². The maximum absolute atomic E-state index is 12.3. The highest BCUT2D eigenvalue weighted by Gasteiger charge is 2.25. The fourth-order valence-corrected chi connectivity index (χ4v) is 3.81. The van der Waals surface area contributed by atoms with Crippen molar-refractivity contribution in [3.8, 4) is 11.5 Å². The molecule has 0 spiro atoms. The standard InChI is InChI=1S/C21H25N3O6S/c1-6-29-15-9-8-14(10-16(15)28-5)11-22-24-21(27)23-19-17(20(26)30-7-2)12(3)18(31-19)13(4)25/h8-11H,6-7H2,1-5H3,(H2,23,24,27). The lowest BCUT2D eigenvalue weighted by molar-refractivity contribution is 0.0527. The van der Waals surface area contributed by atoms with Crippen molar-refractivity contribution in [2.24, 2.45) is 5.10 Å². The van der Waals surface area contributed by atoms with Crippen LogP contribution in [0.15, 0.2) is 23.3 Å². The summed E-state index contributed by atoms with van der Waals surface area (Å²) in [5.74, 6) is 0.335. The van der Waals surface area contributed by atoms with E-state index in [0.29, 0.717) is 34.1 Å². The summed E-state index contributed by atoms with van der Waals surface area (Å²) in [6.45, 7) is 7.26. The first-order chi connectivity index (χ1) is 14.8. The molecule has 0 saturated carbocycles. The molecule has 0 aliphatic heterocycles. The molecular weight excluding hydrogens is 422 g/mol. The number of ketones is 1. The van der Waals surface area contributed by atoms with E-state index in [1.807, 2.05) is 6.92 Å². The van der Waals surface area contributed by atoms with Crippen molar-refractivity contribution in [3.05, 3.63) is 39.8 Å². The molecule has 2 rings (SSSR count). The maximum Gasteiger partial charge on any atom is 0.341 e. The highest BCUT2D eigenvalue weighted by atomic mass is 32.1. The number of nitrogens with one attached hydrogen (secondary N) is 2. The summed E-state index contributed by atoms with van der Waals surface area (Å²) in [4.78, 5) is 36.8. The predicted octanol–water partition coefficient (Wildman–Crippen LogP) is 4.00. The molecule has 0 aliphatic carbocycles. The Morgan fingerprint density at radius 3 is 2.52 bits per heavy atom. The number of hydrazone groups is 1. The summed E-state index contributed by atoms with van der Waals surface area (Å²) in [6.07, 6.45) is 1.44. The fraction of sp³-hybridized carbons (Fsp3) is 0.333. The van der Waals surface area contributed by atoms with Gasteiger partial charge in [0.25, 0.3) is 0 Å². The van der Waals surface area contributed by atoms with Crippen LogP contribution in [0.25, 0.3) is 0 Å². The van der Waals surface area contributed by atoms with Crippen molar-refractivity contribution in [1.29, 1.82) is 0 Å². The second kappa shape index (κ2) is 11.1. The predicted molar refractivity (Wildman–Crippen MR) is 119 cm³/mol. The van der Waals surface area contributed by atoms with Crippen LogP contribution >= 0.6 is 11.3 Å². The SMILES string of the molecule is CCOC(=O)c1c(NC(=O)NN=Cc2ccc(OCC)c(OC)c2)sc(C(C)=O)c1C. The molecule has 1 heterocycles. The number of ether oxygens (including phenoxy) is 3. The molecule has 0 radical (unpaired) electrons. The number of methoxy groups -OCH3 is 1. The first kappa shape index (κ1) is 23.9. The quantitative estimate of drug-likeness (QED) is 0.260. The van der Waals surface area contributed by atoms with Crippen LogP contribution in [-0.4, -0.2) is 44.3 Å². The summed E-state index contributed by atoms with van der Waals surface area (Å²) in [5, 5.41) is 6.68. The Hall–Kier alpha value is -3.40. The van der Waals surface area contributed by atoms with E-state index in [9.17, 15) is 14.4 Å². The van der Waals surface area contributed by atoms with Crippen LogP contribution in [0, 0.1) is 6.92 Å². The van der Waals surface area contributed by atoms with Crippen LogP contribution < -0.4 is 20.2 Å². The van der Waals surface area contributed by atoms with Crippen LogP contribution in [0.1, 0.15) is 51.9 Å². The van der Waals surface area contributed by atoms with E-state index >= 15 is 0 Å². The number of rotatable bonds is 9. The lowest BCUT2D eigenvalue weighted by atomic mass is 10.1. The van der Waals surface area contributed by atoms with Crippen molar-refractivity contribution in [1.82, 2.24) is 5.43 Å². The largest absolute Gasteiger partial charge is 0.493 e. The number of hydrogen-bond acceptors (Lipinski definition) is 8. The maximum atomic E-state index is 12.3. The van der Waals surface area contributed by atoms with Crippen LogP contribution in [-0.2, 0) is 4.74 Å². The summed E-state index contributed by atoms with van der Waals surface area (Å²) in [7, 11) is 1.53. The lowest BCUT2D eigenvalue weighted by Crippen LogP contribution is -2.24. The first-order valence-corrected chi connectivity index (χ1v) is 10.4. The number of amides is 2. The first-order valence-electron chi connectivity index (χ1n) is 9.54. The number of carbonyl (C=O) groups is 3. The molecule has 166 valence electrons. The third kappa shape index (κ3) is 6.05. The Balaban J connectivity index is 2.13. The van der Waals surface area contributed by atoms with E-state index in [0.717, 1.165) is 11.3 Å². The van der Waals surface area contributed by atoms with E-state index < -0.39 is 12.0 Å². The Labute approximate surface area is 184 Å². The average molecular weight is 448 g/mol. The van der Waals surface area contributed by atoms with Crippen molar-refractivity contribution >= 4 is 40.3 Å². The zero-order chi connectivity index (χ0) is 23.0. The van der Waals surface area contributed by atoms with Gasteiger partial charge in [0.05, 0.1) is 37.0 Å². The summed E-state index contributed by atoms with van der Waals surface area (Å²) < 4.78 is 15.8. The number of hydrogen-bond donors (Lipinski definition) is 2. The highest BCUT2D eigenvalue weighted by molar-refractivity contribution is 7.18. The van der Waals surface area contributed by atoms with Gasteiger partial charge in [-0.15, -0.1) is 11.3 Å². The van der Waals surface area contributed by atoms with Crippen molar-refractivity contribution in [2.75, 3.05) is 25.6 Å². The van der Waals surface area contributed by atoms with Gasteiger partial charge in [-0.1, -0.05) is 0 Å². The third-order valence-electron chi connectivity index (χ3n) is 4.04. The average Bonchev–Trinajstić information content (AvgIpc) is 3.05. The van der Waals surface area contributed by atoms with Gasteiger partial charge in [-0.2, -0.15) is 5.10 Å². The Kier molecular flexibility index (Phi) is 8.56.